The van der Waals surface area contributed by atoms with E-state index in [-0.39, 0.29) is 29.0 Å². The number of aliphatic hydroxyl groups excluding tert-OH is 1. The Morgan fingerprint density at radius 1 is 1.38 bits per heavy atom. The summed E-state index contributed by atoms with van der Waals surface area (Å²) in [5, 5.41) is 18.5. The minimum absolute atomic E-state index is 0.0326. The van der Waals surface area contributed by atoms with Crippen molar-refractivity contribution in [3.05, 3.63) is 27.3 Å². The lowest BCUT2D eigenvalue weighted by atomic mass is 10.1. The number of carboxylic acids is 1. The van der Waals surface area contributed by atoms with E-state index in [4.69, 9.17) is 5.11 Å². The molecule has 0 spiro atoms. The predicted molar refractivity (Wildman–Crippen MR) is 84.7 cm³/mol. The molecular weight excluding hydrogens is 409 g/mol. The first-order valence-corrected chi connectivity index (χ1v) is 9.06. The molecule has 1 aliphatic rings. The first-order chi connectivity index (χ1) is 9.79. The van der Waals surface area contributed by atoms with Crippen molar-refractivity contribution >= 4 is 38.6 Å². The Balaban J connectivity index is 2.12. The van der Waals surface area contributed by atoms with E-state index < -0.39 is 16.0 Å². The van der Waals surface area contributed by atoms with Crippen molar-refractivity contribution in [2.75, 3.05) is 6.54 Å². The Labute approximate surface area is 136 Å². The first kappa shape index (κ1) is 16.7. The number of benzene rings is 1. The molecule has 0 bridgehead atoms. The molecule has 2 atom stereocenters. The molecule has 0 radical (unpaired) electrons. The number of nitrogens with one attached hydrogen (secondary N) is 1. The van der Waals surface area contributed by atoms with Gasteiger partial charge in [-0.3, -0.25) is 0 Å². The highest BCUT2D eigenvalue weighted by molar-refractivity contribution is 14.1. The van der Waals surface area contributed by atoms with Crippen LogP contribution in [0.4, 0.5) is 0 Å². The van der Waals surface area contributed by atoms with Crippen LogP contribution in [0.15, 0.2) is 23.1 Å². The molecule has 0 aromatic heterocycles. The normalized spacial score (nSPS) is 22.4. The standard InChI is InChI=1S/C13H16INO5S/c14-12-4-3-10(6-11(12)13(17)18)21(19,20)15-7-8-1-2-9(16)5-8/h3-4,6,8-9,15-16H,1-2,5,7H2,(H,17,18). The highest BCUT2D eigenvalue weighted by Crippen LogP contribution is 2.25. The second-order valence-corrected chi connectivity index (χ2v) is 8.06. The van der Waals surface area contributed by atoms with Crippen LogP contribution in [-0.4, -0.2) is 37.2 Å². The average molecular weight is 425 g/mol. The summed E-state index contributed by atoms with van der Waals surface area (Å²) in [6.45, 7) is 0.258. The second kappa shape index (κ2) is 6.59. The SMILES string of the molecule is O=C(O)c1cc(S(=O)(=O)NCC2CCC(O)C2)ccc1I. The van der Waals surface area contributed by atoms with E-state index in [9.17, 15) is 18.3 Å². The van der Waals surface area contributed by atoms with E-state index in [0.717, 1.165) is 12.5 Å². The number of hydrogen-bond donors (Lipinski definition) is 3. The smallest absolute Gasteiger partial charge is 0.336 e. The zero-order valence-corrected chi connectivity index (χ0v) is 14.1. The van der Waals surface area contributed by atoms with E-state index in [1.807, 2.05) is 22.6 Å². The minimum Gasteiger partial charge on any atom is -0.478 e. The molecule has 3 N–H and O–H groups in total. The average Bonchev–Trinajstić information content (AvgIpc) is 2.82. The third kappa shape index (κ3) is 4.15. The summed E-state index contributed by atoms with van der Waals surface area (Å²) in [7, 11) is -3.74. The molecule has 0 aliphatic heterocycles. The number of aromatic carboxylic acids is 1. The van der Waals surface area contributed by atoms with Gasteiger partial charge >= 0.3 is 5.97 Å². The highest BCUT2D eigenvalue weighted by Gasteiger charge is 2.25. The van der Waals surface area contributed by atoms with Crippen molar-refractivity contribution in [1.82, 2.24) is 4.72 Å². The predicted octanol–water partition coefficient (Wildman–Crippen LogP) is 1.43. The summed E-state index contributed by atoms with van der Waals surface area (Å²) in [5.41, 5.74) is -0.0326. The largest absolute Gasteiger partial charge is 0.478 e. The second-order valence-electron chi connectivity index (χ2n) is 5.13. The van der Waals surface area contributed by atoms with E-state index in [2.05, 4.69) is 4.72 Å². The molecule has 2 rings (SSSR count). The van der Waals surface area contributed by atoms with Gasteiger partial charge in [0, 0.05) is 10.1 Å². The van der Waals surface area contributed by atoms with E-state index >= 15 is 0 Å². The maximum atomic E-state index is 12.2. The van der Waals surface area contributed by atoms with Gasteiger partial charge in [0.15, 0.2) is 0 Å². The maximum Gasteiger partial charge on any atom is 0.336 e. The first-order valence-electron chi connectivity index (χ1n) is 6.50. The van der Waals surface area contributed by atoms with Crippen molar-refractivity contribution in [1.29, 1.82) is 0 Å². The van der Waals surface area contributed by atoms with Gasteiger partial charge < -0.3 is 10.2 Å². The minimum atomic E-state index is -3.74. The summed E-state index contributed by atoms with van der Waals surface area (Å²) in [6.07, 6.45) is 1.72. The van der Waals surface area contributed by atoms with Gasteiger partial charge in [0.25, 0.3) is 0 Å². The molecule has 0 heterocycles. The maximum absolute atomic E-state index is 12.2. The molecule has 1 aliphatic carbocycles. The molecule has 21 heavy (non-hydrogen) atoms. The van der Waals surface area contributed by atoms with Crippen LogP contribution >= 0.6 is 22.6 Å². The molecule has 1 aromatic carbocycles. The Kier molecular flexibility index (Phi) is 5.23. The summed E-state index contributed by atoms with van der Waals surface area (Å²) in [6, 6.07) is 4.02. The zero-order chi connectivity index (χ0) is 15.6. The molecule has 0 saturated heterocycles. The van der Waals surface area contributed by atoms with Crippen LogP contribution in [0, 0.1) is 9.49 Å². The van der Waals surface area contributed by atoms with Gasteiger partial charge in [-0.1, -0.05) is 0 Å². The van der Waals surface area contributed by atoms with Crippen molar-refractivity contribution in [3.8, 4) is 0 Å². The van der Waals surface area contributed by atoms with Gasteiger partial charge in [-0.05, 0) is 66.0 Å². The number of sulfonamides is 1. The molecule has 6 nitrogen and oxygen atoms in total. The summed E-state index contributed by atoms with van der Waals surface area (Å²) in [4.78, 5) is 11.0. The Bertz CT molecular complexity index is 646. The molecule has 116 valence electrons. The topological polar surface area (TPSA) is 104 Å². The Morgan fingerprint density at radius 3 is 2.67 bits per heavy atom. The number of carbonyl (C=O) groups is 1. The fourth-order valence-corrected chi connectivity index (χ4v) is 4.09. The van der Waals surface area contributed by atoms with Crippen LogP contribution in [0.1, 0.15) is 29.6 Å². The fourth-order valence-electron chi connectivity index (χ4n) is 2.38. The van der Waals surface area contributed by atoms with Gasteiger partial charge in [-0.25, -0.2) is 17.9 Å². The monoisotopic (exact) mass is 425 g/mol. The molecular formula is C13H16INO5S. The van der Waals surface area contributed by atoms with Crippen molar-refractivity contribution in [2.45, 2.75) is 30.3 Å². The number of rotatable bonds is 5. The van der Waals surface area contributed by atoms with Crippen molar-refractivity contribution in [2.24, 2.45) is 5.92 Å². The van der Waals surface area contributed by atoms with Gasteiger partial charge in [0.05, 0.1) is 16.6 Å². The highest BCUT2D eigenvalue weighted by atomic mass is 127. The third-order valence-electron chi connectivity index (χ3n) is 3.55. The van der Waals surface area contributed by atoms with Crippen LogP contribution in [0.2, 0.25) is 0 Å². The lowest BCUT2D eigenvalue weighted by Crippen LogP contribution is -2.29. The van der Waals surface area contributed by atoms with Crippen LogP contribution in [0.3, 0.4) is 0 Å². The Morgan fingerprint density at radius 2 is 2.10 bits per heavy atom. The van der Waals surface area contributed by atoms with Crippen LogP contribution in [0.5, 0.6) is 0 Å². The number of halogens is 1. The van der Waals surface area contributed by atoms with Crippen LogP contribution in [0.25, 0.3) is 0 Å². The molecule has 0 amide bonds. The van der Waals surface area contributed by atoms with Crippen LogP contribution < -0.4 is 4.72 Å². The van der Waals surface area contributed by atoms with Gasteiger partial charge in [0.2, 0.25) is 10.0 Å². The summed E-state index contributed by atoms with van der Waals surface area (Å²) >= 11 is 1.85. The molecule has 2 unspecified atom stereocenters. The number of aliphatic hydroxyl groups is 1. The fraction of sp³-hybridized carbons (Fsp3) is 0.462. The number of carboxylic acid groups (broad SMARTS) is 1. The van der Waals surface area contributed by atoms with E-state index in [0.29, 0.717) is 16.4 Å². The van der Waals surface area contributed by atoms with Gasteiger partial charge in [0.1, 0.15) is 0 Å². The van der Waals surface area contributed by atoms with Crippen LogP contribution in [-0.2, 0) is 10.0 Å². The summed E-state index contributed by atoms with van der Waals surface area (Å²) < 4.78 is 27.3. The van der Waals surface area contributed by atoms with Gasteiger partial charge in [-0.15, -0.1) is 0 Å². The molecule has 8 heteroatoms. The molecule has 1 fully saturated rings. The van der Waals surface area contributed by atoms with E-state index in [1.54, 1.807) is 0 Å². The lowest BCUT2D eigenvalue weighted by Gasteiger charge is -2.12. The number of hydrogen-bond acceptors (Lipinski definition) is 4. The Hall–Kier alpha value is -0.710. The van der Waals surface area contributed by atoms with Gasteiger partial charge in [-0.2, -0.15) is 0 Å². The lowest BCUT2D eigenvalue weighted by molar-refractivity contribution is 0.0695. The molecule has 1 saturated carbocycles. The molecule has 1 aromatic rings. The van der Waals surface area contributed by atoms with Crippen molar-refractivity contribution in [3.63, 3.8) is 0 Å². The zero-order valence-electron chi connectivity index (χ0n) is 11.1. The quantitative estimate of drug-likeness (QED) is 0.620. The van der Waals surface area contributed by atoms with Crippen molar-refractivity contribution < 1.29 is 23.4 Å². The van der Waals surface area contributed by atoms with E-state index in [1.165, 1.54) is 12.1 Å². The summed E-state index contributed by atoms with van der Waals surface area (Å²) in [5.74, 6) is -1.03. The third-order valence-corrected chi connectivity index (χ3v) is 5.92.